The van der Waals surface area contributed by atoms with E-state index in [1.807, 2.05) is 37.3 Å². The summed E-state index contributed by atoms with van der Waals surface area (Å²) in [5.41, 5.74) is 2.20. The second-order valence-corrected chi connectivity index (χ2v) is 5.37. The summed E-state index contributed by atoms with van der Waals surface area (Å²) in [6.07, 6.45) is 1.74. The van der Waals surface area contributed by atoms with E-state index >= 15 is 0 Å². The van der Waals surface area contributed by atoms with Gasteiger partial charge in [-0.15, -0.1) is 24.0 Å². The molecular weight excluding hydrogens is 427 g/mol. The fourth-order valence-corrected chi connectivity index (χ4v) is 2.33. The number of aliphatic imine (C=N–C) groups is 1. The Bertz CT molecular complexity index is 649. The van der Waals surface area contributed by atoms with E-state index in [0.29, 0.717) is 19.0 Å². The molecule has 1 unspecified atom stereocenters. The second kappa shape index (κ2) is 11.7. The van der Waals surface area contributed by atoms with Crippen molar-refractivity contribution in [2.24, 2.45) is 4.99 Å². The lowest BCUT2D eigenvalue weighted by Gasteiger charge is -2.18. The number of halogens is 1. The van der Waals surface area contributed by atoms with Crippen LogP contribution in [0.4, 0.5) is 0 Å². The van der Waals surface area contributed by atoms with Gasteiger partial charge in [0.05, 0.1) is 19.2 Å². The molecule has 1 aromatic heterocycles. The van der Waals surface area contributed by atoms with Crippen LogP contribution in [-0.2, 0) is 6.54 Å². The predicted octanol–water partition coefficient (Wildman–Crippen LogP) is 3.91. The Morgan fingerprint density at radius 2 is 1.92 bits per heavy atom. The number of hydrogen-bond donors (Lipinski definition) is 2. The van der Waals surface area contributed by atoms with Gasteiger partial charge in [-0.2, -0.15) is 0 Å². The molecule has 25 heavy (non-hydrogen) atoms. The van der Waals surface area contributed by atoms with Crippen LogP contribution in [0, 0.1) is 0 Å². The van der Waals surface area contributed by atoms with Crippen LogP contribution in [0.25, 0.3) is 0 Å². The third-order valence-electron chi connectivity index (χ3n) is 3.54. The molecule has 0 saturated heterocycles. The lowest BCUT2D eigenvalue weighted by molar-refractivity contribution is 0.323. The van der Waals surface area contributed by atoms with Crippen LogP contribution in [0.5, 0.6) is 5.88 Å². The van der Waals surface area contributed by atoms with E-state index in [-0.39, 0.29) is 30.0 Å². The fourth-order valence-electron chi connectivity index (χ4n) is 2.33. The van der Waals surface area contributed by atoms with E-state index in [1.165, 1.54) is 5.56 Å². The van der Waals surface area contributed by atoms with Crippen LogP contribution in [0.1, 0.15) is 37.9 Å². The maximum Gasteiger partial charge on any atom is 0.218 e. The SMILES string of the molecule is CCNC(=NCc1cccnc1OCC)NC(C)c1ccccc1.I. The Morgan fingerprint density at radius 1 is 1.16 bits per heavy atom. The molecule has 136 valence electrons. The molecule has 0 bridgehead atoms. The first-order valence-electron chi connectivity index (χ1n) is 8.41. The number of nitrogens with zero attached hydrogens (tertiary/aromatic N) is 2. The summed E-state index contributed by atoms with van der Waals surface area (Å²) in [6.45, 7) is 8.04. The van der Waals surface area contributed by atoms with Crippen molar-refractivity contribution in [3.8, 4) is 5.88 Å². The predicted molar refractivity (Wildman–Crippen MR) is 114 cm³/mol. The zero-order valence-electron chi connectivity index (χ0n) is 15.0. The van der Waals surface area contributed by atoms with E-state index in [1.54, 1.807) is 6.20 Å². The third-order valence-corrected chi connectivity index (χ3v) is 3.54. The lowest BCUT2D eigenvalue weighted by atomic mass is 10.1. The Hall–Kier alpha value is -1.83. The Balaban J connectivity index is 0.00000312. The highest BCUT2D eigenvalue weighted by Crippen LogP contribution is 2.15. The molecule has 0 radical (unpaired) electrons. The van der Waals surface area contributed by atoms with Crippen LogP contribution in [0.15, 0.2) is 53.7 Å². The highest BCUT2D eigenvalue weighted by molar-refractivity contribution is 14.0. The standard InChI is InChI=1S/C19H26N4O.HI/c1-4-20-19(23-15(3)16-10-7-6-8-11-16)22-14-17-12-9-13-21-18(17)24-5-2;/h6-13,15H,4-5,14H2,1-3H3,(H2,20,22,23);1H. The highest BCUT2D eigenvalue weighted by Gasteiger charge is 2.08. The smallest absolute Gasteiger partial charge is 0.218 e. The summed E-state index contributed by atoms with van der Waals surface area (Å²) in [6, 6.07) is 14.4. The molecule has 2 aromatic rings. The van der Waals surface area contributed by atoms with Crippen molar-refractivity contribution < 1.29 is 4.74 Å². The van der Waals surface area contributed by atoms with Crippen LogP contribution in [0.3, 0.4) is 0 Å². The number of rotatable bonds is 7. The molecule has 5 nitrogen and oxygen atoms in total. The maximum atomic E-state index is 5.56. The first-order valence-corrected chi connectivity index (χ1v) is 8.41. The van der Waals surface area contributed by atoms with Gasteiger partial charge < -0.3 is 15.4 Å². The fraction of sp³-hybridized carbons (Fsp3) is 0.368. The van der Waals surface area contributed by atoms with Gasteiger partial charge in [0.1, 0.15) is 0 Å². The zero-order chi connectivity index (χ0) is 17.2. The molecule has 0 aliphatic rings. The number of guanidine groups is 1. The van der Waals surface area contributed by atoms with Gasteiger partial charge in [0, 0.05) is 18.3 Å². The highest BCUT2D eigenvalue weighted by atomic mass is 127. The summed E-state index contributed by atoms with van der Waals surface area (Å²) in [4.78, 5) is 8.94. The van der Waals surface area contributed by atoms with Gasteiger partial charge in [-0.05, 0) is 32.4 Å². The van der Waals surface area contributed by atoms with E-state index in [4.69, 9.17) is 4.74 Å². The molecule has 0 saturated carbocycles. The summed E-state index contributed by atoms with van der Waals surface area (Å²) in [5, 5.41) is 6.72. The summed E-state index contributed by atoms with van der Waals surface area (Å²) in [5.74, 6) is 1.43. The van der Waals surface area contributed by atoms with Gasteiger partial charge in [0.2, 0.25) is 5.88 Å². The van der Waals surface area contributed by atoms with E-state index < -0.39 is 0 Å². The normalized spacial score (nSPS) is 12.0. The maximum absolute atomic E-state index is 5.56. The van der Waals surface area contributed by atoms with Crippen molar-refractivity contribution in [3.63, 3.8) is 0 Å². The van der Waals surface area contributed by atoms with Crippen molar-refractivity contribution in [1.29, 1.82) is 0 Å². The van der Waals surface area contributed by atoms with Crippen molar-refractivity contribution in [3.05, 3.63) is 59.8 Å². The van der Waals surface area contributed by atoms with Crippen molar-refractivity contribution in [2.75, 3.05) is 13.2 Å². The minimum Gasteiger partial charge on any atom is -0.478 e. The average molecular weight is 454 g/mol. The van der Waals surface area contributed by atoms with Crippen molar-refractivity contribution in [2.45, 2.75) is 33.4 Å². The molecular formula is C19H27IN4O. The van der Waals surface area contributed by atoms with Gasteiger partial charge in [-0.25, -0.2) is 9.98 Å². The number of hydrogen-bond acceptors (Lipinski definition) is 3. The van der Waals surface area contributed by atoms with Gasteiger partial charge in [0.25, 0.3) is 0 Å². The number of nitrogens with one attached hydrogen (secondary N) is 2. The topological polar surface area (TPSA) is 58.5 Å². The summed E-state index contributed by atoms with van der Waals surface area (Å²) in [7, 11) is 0. The molecule has 2 rings (SSSR count). The molecule has 2 N–H and O–H groups in total. The average Bonchev–Trinajstić information content (AvgIpc) is 2.62. The van der Waals surface area contributed by atoms with Crippen LogP contribution in [-0.4, -0.2) is 24.1 Å². The second-order valence-electron chi connectivity index (χ2n) is 5.37. The van der Waals surface area contributed by atoms with Crippen LogP contribution < -0.4 is 15.4 Å². The quantitative estimate of drug-likeness (QED) is 0.379. The van der Waals surface area contributed by atoms with Gasteiger partial charge in [-0.1, -0.05) is 36.4 Å². The number of benzene rings is 1. The third kappa shape index (κ3) is 6.89. The zero-order valence-corrected chi connectivity index (χ0v) is 17.4. The first-order chi connectivity index (χ1) is 11.7. The Labute approximate surface area is 167 Å². The molecule has 1 heterocycles. The van der Waals surface area contributed by atoms with Crippen LogP contribution in [0.2, 0.25) is 0 Å². The molecule has 1 atom stereocenters. The Kier molecular flexibility index (Phi) is 9.91. The van der Waals surface area contributed by atoms with Crippen molar-refractivity contribution >= 4 is 29.9 Å². The summed E-state index contributed by atoms with van der Waals surface area (Å²) >= 11 is 0. The molecule has 0 fully saturated rings. The van der Waals surface area contributed by atoms with Crippen molar-refractivity contribution in [1.82, 2.24) is 15.6 Å². The molecule has 6 heteroatoms. The minimum atomic E-state index is 0. The number of aromatic nitrogens is 1. The van der Waals surface area contributed by atoms with E-state index in [9.17, 15) is 0 Å². The van der Waals surface area contributed by atoms with Gasteiger partial charge in [-0.3, -0.25) is 0 Å². The first kappa shape index (κ1) is 21.2. The molecule has 0 spiro atoms. The minimum absolute atomic E-state index is 0. The molecule has 0 aliphatic heterocycles. The van der Waals surface area contributed by atoms with Gasteiger partial charge >= 0.3 is 0 Å². The van der Waals surface area contributed by atoms with Gasteiger partial charge in [0.15, 0.2) is 5.96 Å². The largest absolute Gasteiger partial charge is 0.478 e. The van der Waals surface area contributed by atoms with E-state index in [0.717, 1.165) is 18.1 Å². The van der Waals surface area contributed by atoms with Crippen LogP contribution >= 0.6 is 24.0 Å². The number of ether oxygens (including phenoxy) is 1. The van der Waals surface area contributed by atoms with E-state index in [2.05, 4.69) is 46.6 Å². The monoisotopic (exact) mass is 454 g/mol. The summed E-state index contributed by atoms with van der Waals surface area (Å²) < 4.78 is 5.56. The molecule has 1 aromatic carbocycles. The number of pyridine rings is 1. The lowest BCUT2D eigenvalue weighted by Crippen LogP contribution is -2.38. The molecule has 0 amide bonds. The molecule has 0 aliphatic carbocycles. The Morgan fingerprint density at radius 3 is 2.60 bits per heavy atom.